The van der Waals surface area contributed by atoms with E-state index in [1.165, 1.54) is 19.3 Å². The van der Waals surface area contributed by atoms with Crippen LogP contribution >= 0.6 is 0 Å². The van der Waals surface area contributed by atoms with E-state index >= 15 is 0 Å². The van der Waals surface area contributed by atoms with Gasteiger partial charge in [-0.1, -0.05) is 0 Å². The predicted molar refractivity (Wildman–Crippen MR) is 140 cm³/mol. The number of anilines is 1. The van der Waals surface area contributed by atoms with Gasteiger partial charge in [-0.15, -0.1) is 0 Å². The Morgan fingerprint density at radius 2 is 1.89 bits per heavy atom. The number of pyridine rings is 3. The number of hydrogen-bond acceptors (Lipinski definition) is 8. The lowest BCUT2D eigenvalue weighted by atomic mass is 10.1. The van der Waals surface area contributed by atoms with Gasteiger partial charge in [0.1, 0.15) is 23.6 Å². The van der Waals surface area contributed by atoms with Crippen LogP contribution in [0, 0.1) is 0 Å². The molecule has 1 saturated heterocycles. The average molecular weight is 484 g/mol. The summed E-state index contributed by atoms with van der Waals surface area (Å²) in [6, 6.07) is 6.02. The van der Waals surface area contributed by atoms with E-state index in [9.17, 15) is 0 Å². The second-order valence-corrected chi connectivity index (χ2v) is 9.42. The molecule has 6 heterocycles. The highest BCUT2D eigenvalue weighted by Crippen LogP contribution is 2.32. The quantitative estimate of drug-likeness (QED) is 0.359. The zero-order valence-electron chi connectivity index (χ0n) is 20.5. The zero-order valence-corrected chi connectivity index (χ0v) is 20.5. The normalized spacial score (nSPS) is 14.2. The van der Waals surface area contributed by atoms with Crippen LogP contribution in [-0.2, 0) is 0 Å². The van der Waals surface area contributed by atoms with Gasteiger partial charge in [0.05, 0.1) is 17.1 Å². The van der Waals surface area contributed by atoms with Crippen molar-refractivity contribution < 1.29 is 4.74 Å². The zero-order chi connectivity index (χ0) is 24.5. The monoisotopic (exact) mass is 483 g/mol. The van der Waals surface area contributed by atoms with Crippen molar-refractivity contribution in [2.24, 2.45) is 0 Å². The molecule has 0 bridgehead atoms. The maximum absolute atomic E-state index is 5.87. The first-order valence-electron chi connectivity index (χ1n) is 12.3. The van der Waals surface area contributed by atoms with Crippen molar-refractivity contribution in [2.45, 2.75) is 19.3 Å². The molecule has 0 saturated carbocycles. The van der Waals surface area contributed by atoms with Crippen LogP contribution in [0.3, 0.4) is 0 Å². The Kier molecular flexibility index (Phi) is 5.94. The van der Waals surface area contributed by atoms with E-state index in [2.05, 4.69) is 46.0 Å². The molecule has 2 N–H and O–H groups in total. The third-order valence-electron chi connectivity index (χ3n) is 6.53. The van der Waals surface area contributed by atoms with Crippen LogP contribution in [0.5, 0.6) is 5.75 Å². The lowest BCUT2D eigenvalue weighted by molar-refractivity contribution is 0.261. The molecule has 1 fully saturated rings. The molecule has 0 atom stereocenters. The number of likely N-dealkylation sites (N-methyl/N-ethyl adjacent to an activating group) is 1. The largest absolute Gasteiger partial charge is 0.491 e. The van der Waals surface area contributed by atoms with Crippen LogP contribution in [-0.4, -0.2) is 80.4 Å². The molecule has 1 aliphatic heterocycles. The van der Waals surface area contributed by atoms with E-state index < -0.39 is 0 Å². The molecule has 0 radical (unpaired) electrons. The Morgan fingerprint density at radius 1 is 1.03 bits per heavy atom. The fourth-order valence-corrected chi connectivity index (χ4v) is 4.61. The van der Waals surface area contributed by atoms with E-state index in [4.69, 9.17) is 9.72 Å². The van der Waals surface area contributed by atoms with Gasteiger partial charge in [0.25, 0.3) is 0 Å². The van der Waals surface area contributed by atoms with Gasteiger partial charge in [-0.3, -0.25) is 10.1 Å². The third kappa shape index (κ3) is 4.35. The minimum Gasteiger partial charge on any atom is -0.491 e. The van der Waals surface area contributed by atoms with Crippen molar-refractivity contribution in [1.29, 1.82) is 0 Å². The Morgan fingerprint density at radius 3 is 2.75 bits per heavy atom. The first kappa shape index (κ1) is 22.4. The molecule has 10 heteroatoms. The summed E-state index contributed by atoms with van der Waals surface area (Å²) in [4.78, 5) is 26.4. The van der Waals surface area contributed by atoms with Gasteiger partial charge in [0.2, 0.25) is 0 Å². The van der Waals surface area contributed by atoms with Crippen LogP contribution in [0.15, 0.2) is 43.0 Å². The molecule has 6 rings (SSSR count). The van der Waals surface area contributed by atoms with Crippen molar-refractivity contribution in [3.63, 3.8) is 0 Å². The first-order chi connectivity index (χ1) is 17.7. The molecule has 10 nitrogen and oxygen atoms in total. The molecule has 0 amide bonds. The Bertz CT molecular complexity index is 1500. The molecule has 0 aliphatic carbocycles. The molecule has 5 aromatic heterocycles. The van der Waals surface area contributed by atoms with Crippen molar-refractivity contribution >= 4 is 27.9 Å². The number of fused-ring (bicyclic) bond motifs is 2. The number of H-pyrrole nitrogens is 2. The molecule has 36 heavy (non-hydrogen) atoms. The number of hydrogen-bond donors (Lipinski definition) is 2. The number of ether oxygens (including phenoxy) is 1. The molecule has 184 valence electrons. The summed E-state index contributed by atoms with van der Waals surface area (Å²) in [6.07, 6.45) is 10.9. The standard InChI is InChI=1S/C26H29N9O/c1-34(2)10-11-36-19-12-17(14-27-16-19)18-13-20-22(32-33-24(20)29-15-18)25-30-21-6-7-28-26(23(21)31-25)35-8-4-3-5-9-35/h6-7,12-16H,3-5,8-11H2,1-2H3,(H,30,31)(H,29,32,33). The van der Waals surface area contributed by atoms with Gasteiger partial charge in [0, 0.05) is 49.4 Å². The summed E-state index contributed by atoms with van der Waals surface area (Å²) in [6.45, 7) is 3.46. The van der Waals surface area contributed by atoms with Gasteiger partial charge in [-0.2, -0.15) is 5.10 Å². The molecular formula is C26H29N9O. The lowest BCUT2D eigenvalue weighted by Gasteiger charge is -2.27. The van der Waals surface area contributed by atoms with E-state index in [1.54, 1.807) is 6.20 Å². The number of piperidine rings is 1. The SMILES string of the molecule is CN(C)CCOc1cncc(-c2cnc3[nH]nc(-c4nc5c(N6CCCCC6)nccc5[nH]4)c3c2)c1. The van der Waals surface area contributed by atoms with E-state index in [0.29, 0.717) is 18.1 Å². The summed E-state index contributed by atoms with van der Waals surface area (Å²) in [5.74, 6) is 2.36. The lowest BCUT2D eigenvalue weighted by Crippen LogP contribution is -2.30. The van der Waals surface area contributed by atoms with Gasteiger partial charge in [-0.05, 0) is 51.6 Å². The van der Waals surface area contributed by atoms with Crippen molar-refractivity contribution in [3.8, 4) is 28.4 Å². The maximum Gasteiger partial charge on any atom is 0.159 e. The minimum atomic E-state index is 0.599. The fourth-order valence-electron chi connectivity index (χ4n) is 4.61. The Labute approximate surface area is 208 Å². The Balaban J connectivity index is 1.34. The predicted octanol–water partition coefficient (Wildman–Crippen LogP) is 3.89. The number of rotatable bonds is 7. The second kappa shape index (κ2) is 9.54. The number of aromatic amines is 2. The second-order valence-electron chi connectivity index (χ2n) is 9.42. The smallest absolute Gasteiger partial charge is 0.159 e. The maximum atomic E-state index is 5.87. The van der Waals surface area contributed by atoms with Gasteiger partial charge in [0.15, 0.2) is 17.3 Å². The first-order valence-corrected chi connectivity index (χ1v) is 12.3. The van der Waals surface area contributed by atoms with Crippen LogP contribution in [0.2, 0.25) is 0 Å². The van der Waals surface area contributed by atoms with Gasteiger partial charge >= 0.3 is 0 Å². The van der Waals surface area contributed by atoms with Crippen LogP contribution in [0.25, 0.3) is 44.7 Å². The summed E-state index contributed by atoms with van der Waals surface area (Å²) < 4.78 is 5.87. The highest BCUT2D eigenvalue weighted by molar-refractivity contribution is 5.95. The summed E-state index contributed by atoms with van der Waals surface area (Å²) in [5, 5.41) is 8.48. The number of aromatic nitrogens is 7. The van der Waals surface area contributed by atoms with Crippen molar-refractivity contribution in [1.82, 2.24) is 40.0 Å². The number of nitrogens with one attached hydrogen (secondary N) is 2. The van der Waals surface area contributed by atoms with Crippen LogP contribution in [0.1, 0.15) is 19.3 Å². The average Bonchev–Trinajstić information content (AvgIpc) is 3.53. The molecular weight excluding hydrogens is 454 g/mol. The van der Waals surface area contributed by atoms with E-state index in [-0.39, 0.29) is 0 Å². The Hall–Kier alpha value is -4.05. The van der Waals surface area contributed by atoms with Crippen LogP contribution < -0.4 is 9.64 Å². The van der Waals surface area contributed by atoms with E-state index in [1.807, 2.05) is 44.8 Å². The van der Waals surface area contributed by atoms with Crippen molar-refractivity contribution in [2.75, 3.05) is 45.2 Å². The van der Waals surface area contributed by atoms with Crippen LogP contribution in [0.4, 0.5) is 5.82 Å². The summed E-state index contributed by atoms with van der Waals surface area (Å²) >= 11 is 0. The molecule has 0 unspecified atom stereocenters. The fraction of sp³-hybridized carbons (Fsp3) is 0.346. The third-order valence-corrected chi connectivity index (χ3v) is 6.53. The van der Waals surface area contributed by atoms with Crippen molar-refractivity contribution in [3.05, 3.63) is 43.0 Å². The highest BCUT2D eigenvalue weighted by atomic mass is 16.5. The van der Waals surface area contributed by atoms with E-state index in [0.717, 1.165) is 64.4 Å². The highest BCUT2D eigenvalue weighted by Gasteiger charge is 2.20. The number of imidazole rings is 1. The molecule has 1 aliphatic rings. The summed E-state index contributed by atoms with van der Waals surface area (Å²) in [7, 11) is 4.04. The topological polar surface area (TPSA) is 112 Å². The molecule has 0 aromatic carbocycles. The number of nitrogens with zero attached hydrogens (tertiary/aromatic N) is 7. The van der Waals surface area contributed by atoms with Gasteiger partial charge in [-0.25, -0.2) is 15.0 Å². The minimum absolute atomic E-state index is 0.599. The van der Waals surface area contributed by atoms with Gasteiger partial charge < -0.3 is 19.5 Å². The molecule has 0 spiro atoms. The molecule has 5 aromatic rings. The summed E-state index contributed by atoms with van der Waals surface area (Å²) in [5.41, 5.74) is 5.12.